The lowest BCUT2D eigenvalue weighted by Gasteiger charge is -2.13. The first-order valence-corrected chi connectivity index (χ1v) is 12.7. The largest absolute Gasteiger partial charge is 0.493 e. The molecule has 3 aromatic rings. The van der Waals surface area contributed by atoms with E-state index in [4.69, 9.17) is 9.47 Å². The zero-order valence-electron chi connectivity index (χ0n) is 19.0. The fourth-order valence-corrected chi connectivity index (χ4v) is 4.59. The summed E-state index contributed by atoms with van der Waals surface area (Å²) in [7, 11) is -3.49. The second-order valence-electron chi connectivity index (χ2n) is 7.77. The highest BCUT2D eigenvalue weighted by Crippen LogP contribution is 2.17. The predicted octanol–water partition coefficient (Wildman–Crippen LogP) is 4.28. The fourth-order valence-electron chi connectivity index (χ4n) is 3.39. The Kier molecular flexibility index (Phi) is 9.07. The van der Waals surface area contributed by atoms with Crippen molar-refractivity contribution in [3.05, 3.63) is 95.6 Å². The zero-order chi connectivity index (χ0) is 24.4. The lowest BCUT2D eigenvalue weighted by molar-refractivity contribution is -0.149. The van der Waals surface area contributed by atoms with Crippen molar-refractivity contribution in [2.45, 2.75) is 31.6 Å². The van der Waals surface area contributed by atoms with Gasteiger partial charge in [0, 0.05) is 25.1 Å². The first kappa shape index (κ1) is 25.3. The minimum absolute atomic E-state index is 0.0786. The maximum absolute atomic E-state index is 12.4. The predicted molar refractivity (Wildman–Crippen MR) is 132 cm³/mol. The van der Waals surface area contributed by atoms with Crippen LogP contribution in [0.1, 0.15) is 23.6 Å². The number of rotatable bonds is 13. The third-order valence-electron chi connectivity index (χ3n) is 5.07. The fraction of sp³-hybridized carbons (Fsp3) is 0.269. The van der Waals surface area contributed by atoms with E-state index in [1.54, 1.807) is 31.2 Å². The number of nitrogens with one attached hydrogen (secondary N) is 1. The van der Waals surface area contributed by atoms with Gasteiger partial charge in [-0.2, -0.15) is 0 Å². The monoisotopic (exact) mass is 483 g/mol. The van der Waals surface area contributed by atoms with E-state index < -0.39 is 22.1 Å². The number of carboxylic acid groups (broad SMARTS) is 1. The van der Waals surface area contributed by atoms with Crippen LogP contribution in [0.3, 0.4) is 0 Å². The minimum atomic E-state index is -3.49. The van der Waals surface area contributed by atoms with Gasteiger partial charge >= 0.3 is 5.97 Å². The molecule has 0 saturated carbocycles. The van der Waals surface area contributed by atoms with Crippen LogP contribution >= 0.6 is 0 Å². The molecule has 0 heterocycles. The molecule has 0 aliphatic rings. The van der Waals surface area contributed by atoms with Crippen molar-refractivity contribution in [2.75, 3.05) is 17.9 Å². The summed E-state index contributed by atoms with van der Waals surface area (Å²) in [4.78, 5) is 11.2. The highest BCUT2D eigenvalue weighted by molar-refractivity contribution is 7.91. The molecule has 8 heteroatoms. The third kappa shape index (κ3) is 8.20. The average Bonchev–Trinajstić information content (AvgIpc) is 2.81. The number of sulfonamides is 1. The number of hydrogen-bond donors (Lipinski definition) is 2. The van der Waals surface area contributed by atoms with Crippen molar-refractivity contribution in [1.82, 2.24) is 0 Å². The van der Waals surface area contributed by atoms with Crippen LogP contribution in [0.2, 0.25) is 0 Å². The molecule has 0 bridgehead atoms. The van der Waals surface area contributed by atoms with Crippen LogP contribution in [0, 0.1) is 0 Å². The van der Waals surface area contributed by atoms with E-state index in [1.165, 1.54) is 0 Å². The Bertz CT molecular complexity index is 1150. The van der Waals surface area contributed by atoms with Gasteiger partial charge in [-0.05, 0) is 47.9 Å². The van der Waals surface area contributed by atoms with Crippen molar-refractivity contribution in [3.63, 3.8) is 0 Å². The molecule has 7 nitrogen and oxygen atoms in total. The molecule has 0 aliphatic heterocycles. The molecule has 34 heavy (non-hydrogen) atoms. The number of hydrogen-bond acceptors (Lipinski definition) is 5. The van der Waals surface area contributed by atoms with E-state index in [9.17, 15) is 18.3 Å². The summed E-state index contributed by atoms with van der Waals surface area (Å²) in [6.45, 7) is 2.57. The molecule has 3 aromatic carbocycles. The molecule has 1 unspecified atom stereocenters. The van der Waals surface area contributed by atoms with Gasteiger partial charge in [-0.3, -0.25) is 4.72 Å². The Morgan fingerprint density at radius 1 is 0.912 bits per heavy atom. The summed E-state index contributed by atoms with van der Waals surface area (Å²) in [5, 5.41) is 9.19. The first-order valence-electron chi connectivity index (χ1n) is 11.0. The molecule has 0 aliphatic carbocycles. The molecular weight excluding hydrogens is 454 g/mol. The summed E-state index contributed by atoms with van der Waals surface area (Å²) >= 11 is 0. The van der Waals surface area contributed by atoms with E-state index in [2.05, 4.69) is 4.72 Å². The van der Waals surface area contributed by atoms with Crippen LogP contribution in [0.25, 0.3) is 0 Å². The average molecular weight is 484 g/mol. The molecule has 180 valence electrons. The maximum Gasteiger partial charge on any atom is 0.333 e. The summed E-state index contributed by atoms with van der Waals surface area (Å²) in [6.07, 6.45) is 0.0948. The van der Waals surface area contributed by atoms with Gasteiger partial charge in [-0.15, -0.1) is 0 Å². The Hall–Kier alpha value is -3.36. The van der Waals surface area contributed by atoms with E-state index in [0.29, 0.717) is 37.5 Å². The van der Waals surface area contributed by atoms with Crippen LogP contribution in [-0.4, -0.2) is 38.8 Å². The van der Waals surface area contributed by atoms with Gasteiger partial charge in [0.25, 0.3) is 0 Å². The molecule has 0 fully saturated rings. The van der Waals surface area contributed by atoms with Gasteiger partial charge in [-0.1, -0.05) is 54.6 Å². The smallest absolute Gasteiger partial charge is 0.333 e. The normalized spacial score (nSPS) is 12.1. The van der Waals surface area contributed by atoms with Gasteiger partial charge in [0.1, 0.15) is 5.75 Å². The van der Waals surface area contributed by atoms with Crippen molar-refractivity contribution < 1.29 is 27.8 Å². The Morgan fingerprint density at radius 2 is 1.56 bits per heavy atom. The van der Waals surface area contributed by atoms with Crippen LogP contribution in [-0.2, 0) is 38.1 Å². The molecular formula is C26H29NO6S. The SMILES string of the molecule is CCOC(Cc1ccc(OCCc2ccc(NS(=O)(=O)Cc3ccccc3)cc2)cc1)C(=O)O. The van der Waals surface area contributed by atoms with Crippen LogP contribution < -0.4 is 9.46 Å². The number of anilines is 1. The first-order chi connectivity index (χ1) is 16.3. The van der Waals surface area contributed by atoms with Crippen LogP contribution in [0.15, 0.2) is 78.9 Å². The van der Waals surface area contributed by atoms with Crippen LogP contribution in [0.5, 0.6) is 5.75 Å². The Labute approximate surface area is 200 Å². The van der Waals surface area contributed by atoms with Gasteiger partial charge in [0.2, 0.25) is 10.0 Å². The van der Waals surface area contributed by atoms with Crippen molar-refractivity contribution in [3.8, 4) is 5.75 Å². The molecule has 0 amide bonds. The molecule has 0 radical (unpaired) electrons. The highest BCUT2D eigenvalue weighted by Gasteiger charge is 2.17. The summed E-state index contributed by atoms with van der Waals surface area (Å²) in [5.41, 5.74) is 3.12. The van der Waals surface area contributed by atoms with E-state index in [1.807, 2.05) is 54.6 Å². The lowest BCUT2D eigenvalue weighted by atomic mass is 10.1. The van der Waals surface area contributed by atoms with Gasteiger partial charge in [0.05, 0.1) is 12.4 Å². The number of ether oxygens (including phenoxy) is 2. The van der Waals surface area contributed by atoms with Gasteiger partial charge in [-0.25, -0.2) is 13.2 Å². The van der Waals surface area contributed by atoms with Crippen molar-refractivity contribution in [2.24, 2.45) is 0 Å². The molecule has 0 saturated heterocycles. The second kappa shape index (κ2) is 12.2. The quantitative estimate of drug-likeness (QED) is 0.376. The van der Waals surface area contributed by atoms with E-state index >= 15 is 0 Å². The molecule has 0 spiro atoms. The Morgan fingerprint density at radius 3 is 2.18 bits per heavy atom. The summed E-state index contributed by atoms with van der Waals surface area (Å²) < 4.78 is 38.4. The van der Waals surface area contributed by atoms with E-state index in [0.717, 1.165) is 16.7 Å². The maximum atomic E-state index is 12.4. The van der Waals surface area contributed by atoms with Gasteiger partial charge < -0.3 is 14.6 Å². The zero-order valence-corrected chi connectivity index (χ0v) is 19.8. The standard InChI is InChI=1S/C26H29NO6S/c1-2-32-25(26(28)29)18-21-10-14-24(15-11-21)33-17-16-20-8-12-23(13-9-20)27-34(30,31)19-22-6-4-3-5-7-22/h3-15,25,27H,2,16-19H2,1H3,(H,28,29). The van der Waals surface area contributed by atoms with Crippen LogP contribution in [0.4, 0.5) is 5.69 Å². The number of carbonyl (C=O) groups is 1. The highest BCUT2D eigenvalue weighted by atomic mass is 32.2. The second-order valence-corrected chi connectivity index (χ2v) is 9.49. The molecule has 1 atom stereocenters. The molecule has 2 N–H and O–H groups in total. The molecule has 3 rings (SSSR count). The summed E-state index contributed by atoms with van der Waals surface area (Å²) in [5.74, 6) is -0.361. The topological polar surface area (TPSA) is 102 Å². The van der Waals surface area contributed by atoms with Crippen molar-refractivity contribution >= 4 is 21.7 Å². The summed E-state index contributed by atoms with van der Waals surface area (Å²) in [6, 6.07) is 23.5. The number of aliphatic carboxylic acids is 1. The third-order valence-corrected chi connectivity index (χ3v) is 6.33. The molecule has 0 aromatic heterocycles. The number of benzene rings is 3. The van der Waals surface area contributed by atoms with Gasteiger partial charge in [0.15, 0.2) is 6.10 Å². The van der Waals surface area contributed by atoms with E-state index in [-0.39, 0.29) is 5.75 Å². The Balaban J connectivity index is 1.46. The lowest BCUT2D eigenvalue weighted by Crippen LogP contribution is -2.26. The number of carboxylic acids is 1. The van der Waals surface area contributed by atoms with Crippen molar-refractivity contribution in [1.29, 1.82) is 0 Å². The minimum Gasteiger partial charge on any atom is -0.493 e.